The molecule has 4 nitrogen and oxygen atoms in total. The predicted octanol–water partition coefficient (Wildman–Crippen LogP) is 2.94. The third-order valence-electron chi connectivity index (χ3n) is 4.80. The molecule has 0 amide bonds. The van der Waals surface area contributed by atoms with Gasteiger partial charge in [-0.2, -0.15) is 5.10 Å². The fraction of sp³-hybridized carbons (Fsp3) is 0.824. The molecule has 0 saturated heterocycles. The molecule has 1 heterocycles. The second kappa shape index (κ2) is 8.54. The number of hydrogen-bond donors (Lipinski definition) is 2. The Labute approximate surface area is 128 Å². The van der Waals surface area contributed by atoms with Crippen molar-refractivity contribution in [2.75, 3.05) is 13.2 Å². The highest BCUT2D eigenvalue weighted by Gasteiger charge is 2.13. The zero-order valence-corrected chi connectivity index (χ0v) is 13.7. The molecule has 2 rings (SSSR count). The van der Waals surface area contributed by atoms with E-state index in [1.165, 1.54) is 56.2 Å². The molecule has 2 N–H and O–H groups in total. The average Bonchev–Trinajstić information content (AvgIpc) is 2.68. The maximum atomic E-state index is 9.06. The van der Waals surface area contributed by atoms with Crippen LogP contribution in [-0.2, 0) is 13.1 Å². The first-order valence-electron chi connectivity index (χ1n) is 8.57. The van der Waals surface area contributed by atoms with Gasteiger partial charge >= 0.3 is 0 Å². The van der Waals surface area contributed by atoms with Crippen LogP contribution in [0.5, 0.6) is 0 Å². The highest BCUT2D eigenvalue weighted by atomic mass is 16.3. The summed E-state index contributed by atoms with van der Waals surface area (Å²) in [4.78, 5) is 0. The Morgan fingerprint density at radius 2 is 1.81 bits per heavy atom. The summed E-state index contributed by atoms with van der Waals surface area (Å²) in [6, 6.07) is 0. The first-order valence-corrected chi connectivity index (χ1v) is 8.57. The highest BCUT2D eigenvalue weighted by Crippen LogP contribution is 2.22. The van der Waals surface area contributed by atoms with Crippen molar-refractivity contribution in [3.8, 4) is 0 Å². The van der Waals surface area contributed by atoms with Crippen LogP contribution in [-0.4, -0.2) is 28.0 Å². The van der Waals surface area contributed by atoms with Gasteiger partial charge in [0.2, 0.25) is 0 Å². The van der Waals surface area contributed by atoms with E-state index in [-0.39, 0.29) is 6.61 Å². The maximum Gasteiger partial charge on any atom is 0.0644 e. The normalized spacial score (nSPS) is 17.7. The summed E-state index contributed by atoms with van der Waals surface area (Å²) in [7, 11) is 0. The van der Waals surface area contributed by atoms with E-state index in [1.54, 1.807) is 0 Å². The molecule has 1 fully saturated rings. The number of rotatable bonds is 6. The van der Waals surface area contributed by atoms with Crippen LogP contribution in [0.2, 0.25) is 0 Å². The topological polar surface area (TPSA) is 50.1 Å². The molecule has 4 heteroatoms. The van der Waals surface area contributed by atoms with E-state index in [1.807, 2.05) is 4.68 Å². The van der Waals surface area contributed by atoms with Gasteiger partial charge in [-0.05, 0) is 39.2 Å². The molecule has 120 valence electrons. The largest absolute Gasteiger partial charge is 0.394 e. The van der Waals surface area contributed by atoms with Crippen molar-refractivity contribution in [3.63, 3.8) is 0 Å². The predicted molar refractivity (Wildman–Crippen MR) is 86.3 cm³/mol. The van der Waals surface area contributed by atoms with E-state index < -0.39 is 0 Å². The van der Waals surface area contributed by atoms with Crippen LogP contribution < -0.4 is 5.32 Å². The van der Waals surface area contributed by atoms with E-state index in [0.29, 0.717) is 6.54 Å². The van der Waals surface area contributed by atoms with Gasteiger partial charge in [0.05, 0.1) is 18.8 Å². The van der Waals surface area contributed by atoms with E-state index in [2.05, 4.69) is 24.3 Å². The van der Waals surface area contributed by atoms with Gasteiger partial charge in [-0.3, -0.25) is 4.68 Å². The van der Waals surface area contributed by atoms with Crippen molar-refractivity contribution in [1.82, 2.24) is 15.1 Å². The standard InChI is InChI=1S/C17H31N3O/c1-14-17(15(2)20(19-14)10-11-21)13-18-12-16-8-6-4-3-5-7-9-16/h16,18,21H,3-13H2,1-2H3. The Kier molecular flexibility index (Phi) is 6.71. The summed E-state index contributed by atoms with van der Waals surface area (Å²) in [6.07, 6.45) is 9.84. The minimum Gasteiger partial charge on any atom is -0.394 e. The van der Waals surface area contributed by atoms with E-state index in [4.69, 9.17) is 5.11 Å². The molecule has 0 aromatic carbocycles. The lowest BCUT2D eigenvalue weighted by Gasteiger charge is -2.20. The van der Waals surface area contributed by atoms with E-state index >= 15 is 0 Å². The molecule has 1 aliphatic carbocycles. The number of aliphatic hydroxyl groups excluding tert-OH is 1. The van der Waals surface area contributed by atoms with Crippen LogP contribution in [0, 0.1) is 19.8 Å². The summed E-state index contributed by atoms with van der Waals surface area (Å²) in [5.74, 6) is 0.846. The summed E-state index contributed by atoms with van der Waals surface area (Å²) >= 11 is 0. The fourth-order valence-electron chi connectivity index (χ4n) is 3.45. The Balaban J connectivity index is 1.82. The third kappa shape index (κ3) is 4.82. The molecule has 1 saturated carbocycles. The molecule has 0 unspecified atom stereocenters. The molecule has 0 atom stereocenters. The number of nitrogens with zero attached hydrogens (tertiary/aromatic N) is 2. The zero-order chi connectivity index (χ0) is 15.1. The number of aromatic nitrogens is 2. The number of aliphatic hydroxyl groups is 1. The van der Waals surface area contributed by atoms with Crippen LogP contribution in [0.4, 0.5) is 0 Å². The quantitative estimate of drug-likeness (QED) is 0.848. The van der Waals surface area contributed by atoms with Crippen molar-refractivity contribution in [3.05, 3.63) is 17.0 Å². The first-order chi connectivity index (χ1) is 10.2. The minimum absolute atomic E-state index is 0.150. The summed E-state index contributed by atoms with van der Waals surface area (Å²) in [5, 5.41) is 17.2. The maximum absolute atomic E-state index is 9.06. The van der Waals surface area contributed by atoms with Crippen LogP contribution in [0.25, 0.3) is 0 Å². The second-order valence-corrected chi connectivity index (χ2v) is 6.44. The van der Waals surface area contributed by atoms with Gasteiger partial charge in [-0.15, -0.1) is 0 Å². The van der Waals surface area contributed by atoms with Crippen molar-refractivity contribution in [1.29, 1.82) is 0 Å². The number of nitrogens with one attached hydrogen (secondary N) is 1. The van der Waals surface area contributed by atoms with Crippen molar-refractivity contribution < 1.29 is 5.11 Å². The first kappa shape index (κ1) is 16.5. The van der Waals surface area contributed by atoms with Crippen LogP contribution >= 0.6 is 0 Å². The molecule has 1 aromatic heterocycles. The lowest BCUT2D eigenvalue weighted by molar-refractivity contribution is 0.267. The molecule has 1 aliphatic rings. The average molecular weight is 293 g/mol. The van der Waals surface area contributed by atoms with Crippen molar-refractivity contribution in [2.24, 2.45) is 5.92 Å². The molecule has 0 bridgehead atoms. The van der Waals surface area contributed by atoms with Gasteiger partial charge in [0.15, 0.2) is 0 Å². The van der Waals surface area contributed by atoms with Gasteiger partial charge in [0.25, 0.3) is 0 Å². The summed E-state index contributed by atoms with van der Waals surface area (Å²) in [6.45, 7) is 6.94. The molecular weight excluding hydrogens is 262 g/mol. The summed E-state index contributed by atoms with van der Waals surface area (Å²) < 4.78 is 1.92. The van der Waals surface area contributed by atoms with Gasteiger partial charge in [0.1, 0.15) is 0 Å². The molecule has 0 radical (unpaired) electrons. The monoisotopic (exact) mass is 293 g/mol. The van der Waals surface area contributed by atoms with Gasteiger partial charge < -0.3 is 10.4 Å². The minimum atomic E-state index is 0.150. The van der Waals surface area contributed by atoms with Gasteiger partial charge in [-0.1, -0.05) is 32.1 Å². The van der Waals surface area contributed by atoms with Crippen molar-refractivity contribution >= 4 is 0 Å². The van der Waals surface area contributed by atoms with Gasteiger partial charge in [-0.25, -0.2) is 0 Å². The Morgan fingerprint density at radius 1 is 1.14 bits per heavy atom. The lowest BCUT2D eigenvalue weighted by Crippen LogP contribution is -2.23. The van der Waals surface area contributed by atoms with Crippen LogP contribution in [0.3, 0.4) is 0 Å². The smallest absolute Gasteiger partial charge is 0.0644 e. The van der Waals surface area contributed by atoms with Gasteiger partial charge in [0, 0.05) is 17.8 Å². The number of hydrogen-bond acceptors (Lipinski definition) is 3. The van der Waals surface area contributed by atoms with Crippen molar-refractivity contribution in [2.45, 2.75) is 71.9 Å². The molecule has 0 aliphatic heterocycles. The van der Waals surface area contributed by atoms with E-state index in [9.17, 15) is 0 Å². The van der Waals surface area contributed by atoms with E-state index in [0.717, 1.165) is 24.7 Å². The van der Waals surface area contributed by atoms with Crippen LogP contribution in [0.15, 0.2) is 0 Å². The molecule has 21 heavy (non-hydrogen) atoms. The Morgan fingerprint density at radius 3 is 2.48 bits per heavy atom. The third-order valence-corrected chi connectivity index (χ3v) is 4.80. The van der Waals surface area contributed by atoms with Crippen LogP contribution in [0.1, 0.15) is 61.9 Å². The summed E-state index contributed by atoms with van der Waals surface area (Å²) in [5.41, 5.74) is 3.58. The second-order valence-electron chi connectivity index (χ2n) is 6.44. The lowest BCUT2D eigenvalue weighted by atomic mass is 9.91. The Hall–Kier alpha value is -0.870. The molecule has 1 aromatic rings. The SMILES string of the molecule is Cc1nn(CCO)c(C)c1CNCC1CCCCCCC1. The Bertz CT molecular complexity index is 420. The zero-order valence-electron chi connectivity index (χ0n) is 13.7. The molecule has 0 spiro atoms. The fourth-order valence-corrected chi connectivity index (χ4v) is 3.45. The highest BCUT2D eigenvalue weighted by molar-refractivity contribution is 5.24. The number of aryl methyl sites for hydroxylation is 1. The molecular formula is C17H31N3O.